The second-order valence-electron chi connectivity index (χ2n) is 4.01. The molecule has 94 valence electrons. The predicted molar refractivity (Wildman–Crippen MR) is 60.7 cm³/mol. The molecule has 0 aliphatic heterocycles. The lowest BCUT2D eigenvalue weighted by molar-refractivity contribution is -0.750. The number of benzene rings is 1. The van der Waals surface area contributed by atoms with Gasteiger partial charge in [-0.05, 0) is 31.0 Å². The molecule has 2 rings (SSSR count). The number of aryl methyl sites for hydroxylation is 1. The van der Waals surface area contributed by atoms with Crippen LogP contribution in [-0.4, -0.2) is 11.2 Å². The van der Waals surface area contributed by atoms with Gasteiger partial charge in [0.25, 0.3) is 12.5 Å². The van der Waals surface area contributed by atoms with Crippen LogP contribution < -0.4 is 15.1 Å². The molecule has 0 atom stereocenters. The Bertz CT molecular complexity index is 578. The van der Waals surface area contributed by atoms with Crippen molar-refractivity contribution in [2.75, 3.05) is 5.32 Å². The average molecular weight is 247 g/mol. The van der Waals surface area contributed by atoms with E-state index in [2.05, 4.69) is 15.1 Å². The Balaban J connectivity index is 2.05. The third kappa shape index (κ3) is 2.65. The normalized spacial score (nSPS) is 10.3. The van der Waals surface area contributed by atoms with Crippen LogP contribution in [0.1, 0.15) is 11.1 Å². The quantitative estimate of drug-likeness (QED) is 0.790. The number of anilines is 1. The first-order valence-corrected chi connectivity index (χ1v) is 5.46. The highest BCUT2D eigenvalue weighted by Gasteiger charge is 2.13. The van der Waals surface area contributed by atoms with Crippen LogP contribution in [0.4, 0.5) is 5.69 Å². The van der Waals surface area contributed by atoms with Gasteiger partial charge in [-0.2, -0.15) is 0 Å². The highest BCUT2D eigenvalue weighted by Crippen LogP contribution is 2.17. The summed E-state index contributed by atoms with van der Waals surface area (Å²) < 4.78 is 5.49. The Hall–Kier alpha value is -2.37. The van der Waals surface area contributed by atoms with Gasteiger partial charge in [0.05, 0.1) is 5.27 Å². The molecule has 0 unspecified atom stereocenters. The number of carbonyl (C=O) groups is 1. The summed E-state index contributed by atoms with van der Waals surface area (Å²) in [4.78, 5) is 11.7. The molecule has 2 aromatic rings. The molecule has 6 nitrogen and oxygen atoms in total. The SMILES string of the molecule is Cc1cccc(NC(=O)C[n+]2cc([O-])on2)c1C. The number of aromatic nitrogens is 2. The summed E-state index contributed by atoms with van der Waals surface area (Å²) in [6.45, 7) is 3.85. The van der Waals surface area contributed by atoms with Crippen LogP contribution >= 0.6 is 0 Å². The smallest absolute Gasteiger partial charge is 0.292 e. The van der Waals surface area contributed by atoms with Crippen LogP contribution in [0, 0.1) is 13.8 Å². The lowest BCUT2D eigenvalue weighted by atomic mass is 10.1. The Morgan fingerprint density at radius 1 is 1.50 bits per heavy atom. The first-order chi connectivity index (χ1) is 8.56. The fourth-order valence-electron chi connectivity index (χ4n) is 1.56. The van der Waals surface area contributed by atoms with Gasteiger partial charge < -0.3 is 14.9 Å². The molecule has 1 amide bonds. The first kappa shape index (κ1) is 12.1. The summed E-state index contributed by atoms with van der Waals surface area (Å²) in [6.07, 6.45) is 1.13. The van der Waals surface area contributed by atoms with Crippen molar-refractivity contribution in [3.8, 4) is 5.95 Å². The topological polar surface area (TPSA) is 82.1 Å². The molecule has 0 spiro atoms. The third-order valence-corrected chi connectivity index (χ3v) is 2.67. The van der Waals surface area contributed by atoms with Gasteiger partial charge >= 0.3 is 0 Å². The van der Waals surface area contributed by atoms with E-state index in [9.17, 15) is 9.90 Å². The molecule has 6 heteroatoms. The molecule has 0 saturated heterocycles. The maximum absolute atomic E-state index is 11.7. The number of hydrogen-bond acceptors (Lipinski definition) is 4. The predicted octanol–water partition coefficient (Wildman–Crippen LogP) is 0.291. The van der Waals surface area contributed by atoms with Gasteiger partial charge in [0.15, 0.2) is 0 Å². The highest BCUT2D eigenvalue weighted by molar-refractivity contribution is 5.90. The maximum Gasteiger partial charge on any atom is 0.292 e. The van der Waals surface area contributed by atoms with E-state index in [0.29, 0.717) is 0 Å². The lowest BCUT2D eigenvalue weighted by Crippen LogP contribution is -2.41. The van der Waals surface area contributed by atoms with Crippen molar-refractivity contribution in [3.05, 3.63) is 35.5 Å². The summed E-state index contributed by atoms with van der Waals surface area (Å²) in [7, 11) is 0. The van der Waals surface area contributed by atoms with Gasteiger partial charge in [0.1, 0.15) is 5.95 Å². The Kier molecular flexibility index (Phi) is 3.27. The molecule has 1 N–H and O–H groups in total. The Morgan fingerprint density at radius 3 is 2.94 bits per heavy atom. The van der Waals surface area contributed by atoms with E-state index >= 15 is 0 Å². The van der Waals surface area contributed by atoms with E-state index in [1.54, 1.807) is 0 Å². The fourth-order valence-corrected chi connectivity index (χ4v) is 1.56. The molecule has 0 aliphatic carbocycles. The zero-order valence-corrected chi connectivity index (χ0v) is 10.1. The number of amides is 1. The largest absolute Gasteiger partial charge is 0.539 e. The fraction of sp³-hybridized carbons (Fsp3) is 0.250. The van der Waals surface area contributed by atoms with Crippen LogP contribution in [0.2, 0.25) is 0 Å². The van der Waals surface area contributed by atoms with Crippen LogP contribution in [0.3, 0.4) is 0 Å². The number of rotatable bonds is 3. The zero-order valence-electron chi connectivity index (χ0n) is 10.1. The van der Waals surface area contributed by atoms with Crippen LogP contribution in [0.25, 0.3) is 0 Å². The third-order valence-electron chi connectivity index (χ3n) is 2.67. The Morgan fingerprint density at radius 2 is 2.28 bits per heavy atom. The molecule has 0 fully saturated rings. The molecule has 0 bridgehead atoms. The minimum atomic E-state index is -0.575. The average Bonchev–Trinajstić information content (AvgIpc) is 2.70. The van der Waals surface area contributed by atoms with Crippen molar-refractivity contribution >= 4 is 11.6 Å². The summed E-state index contributed by atoms with van der Waals surface area (Å²) in [5.74, 6) is -0.837. The van der Waals surface area contributed by atoms with Crippen molar-refractivity contribution in [2.45, 2.75) is 20.4 Å². The lowest BCUT2D eigenvalue weighted by Gasteiger charge is -2.08. The second-order valence-corrected chi connectivity index (χ2v) is 4.01. The Labute approximate surface area is 104 Å². The highest BCUT2D eigenvalue weighted by atomic mass is 16.6. The molecule has 18 heavy (non-hydrogen) atoms. The van der Waals surface area contributed by atoms with Gasteiger partial charge in [-0.15, -0.1) is 0 Å². The van der Waals surface area contributed by atoms with Crippen molar-refractivity contribution in [2.24, 2.45) is 0 Å². The van der Waals surface area contributed by atoms with E-state index in [1.165, 1.54) is 0 Å². The minimum Gasteiger partial charge on any atom is -0.539 e. The number of nitrogens with one attached hydrogen (secondary N) is 1. The van der Waals surface area contributed by atoms with Gasteiger partial charge in [-0.3, -0.25) is 4.79 Å². The molecule has 0 aliphatic rings. The molecular weight excluding hydrogens is 234 g/mol. The van der Waals surface area contributed by atoms with Crippen molar-refractivity contribution in [1.82, 2.24) is 5.27 Å². The van der Waals surface area contributed by atoms with E-state index < -0.39 is 5.95 Å². The van der Waals surface area contributed by atoms with Gasteiger partial charge in [0.2, 0.25) is 6.20 Å². The second kappa shape index (κ2) is 4.87. The molecule has 1 aromatic heterocycles. The molecule has 1 heterocycles. The van der Waals surface area contributed by atoms with Gasteiger partial charge in [-0.1, -0.05) is 16.8 Å². The molecule has 0 radical (unpaired) electrons. The maximum atomic E-state index is 11.7. The van der Waals surface area contributed by atoms with Crippen LogP contribution in [0.5, 0.6) is 5.95 Å². The van der Waals surface area contributed by atoms with Gasteiger partial charge in [0, 0.05) is 5.69 Å². The minimum absolute atomic E-state index is 0.0564. The summed E-state index contributed by atoms with van der Waals surface area (Å²) in [5, 5.41) is 16.9. The zero-order chi connectivity index (χ0) is 13.1. The number of carbonyl (C=O) groups excluding carboxylic acids is 1. The van der Waals surface area contributed by atoms with E-state index in [0.717, 1.165) is 27.7 Å². The van der Waals surface area contributed by atoms with Crippen LogP contribution in [0.15, 0.2) is 28.9 Å². The van der Waals surface area contributed by atoms with Gasteiger partial charge in [-0.25, -0.2) is 0 Å². The van der Waals surface area contributed by atoms with Crippen molar-refractivity contribution in [3.63, 3.8) is 0 Å². The summed E-state index contributed by atoms with van der Waals surface area (Å²) >= 11 is 0. The van der Waals surface area contributed by atoms with E-state index in [4.69, 9.17) is 0 Å². The molecular formula is C12H13N3O3. The standard InChI is InChI=1S/C12H13N3O3/c1-8-4-3-5-10(9(8)2)13-11(16)6-15-7-12(17)18-14-15/h3-5,7H,6H2,1-2H3,(H-,13,14,16,17). The number of hydrogen-bond donors (Lipinski definition) is 1. The first-order valence-electron chi connectivity index (χ1n) is 5.46. The van der Waals surface area contributed by atoms with Crippen molar-refractivity contribution in [1.29, 1.82) is 0 Å². The summed E-state index contributed by atoms with van der Waals surface area (Å²) in [5.41, 5.74) is 2.87. The van der Waals surface area contributed by atoms with E-state index in [1.807, 2.05) is 32.0 Å². The van der Waals surface area contributed by atoms with E-state index in [-0.39, 0.29) is 12.5 Å². The monoisotopic (exact) mass is 247 g/mol. The number of nitrogens with zero attached hydrogens (tertiary/aromatic N) is 2. The summed E-state index contributed by atoms with van der Waals surface area (Å²) in [6, 6.07) is 5.67. The molecule has 1 aromatic carbocycles. The molecule has 0 saturated carbocycles. The van der Waals surface area contributed by atoms with Crippen LogP contribution in [-0.2, 0) is 11.3 Å². The van der Waals surface area contributed by atoms with Crippen molar-refractivity contribution < 1.29 is 19.1 Å².